The Morgan fingerprint density at radius 3 is 1.36 bits per heavy atom. The van der Waals surface area contributed by atoms with Gasteiger partial charge >= 0.3 is 11.9 Å². The maximum absolute atomic E-state index is 12.7. The molecule has 0 aromatic carbocycles. The number of carboxylic acids is 1. The van der Waals surface area contributed by atoms with Crippen LogP contribution >= 0.6 is 0 Å². The first-order chi connectivity index (χ1) is 31.1. The molecule has 0 amide bonds. The highest BCUT2D eigenvalue weighted by Crippen LogP contribution is 2.15. The Morgan fingerprint density at radius 2 is 0.891 bits per heavy atom. The number of carbonyl (C=O) groups excluding carboxylic acids is 3. The van der Waals surface area contributed by atoms with Gasteiger partial charge in [-0.1, -0.05) is 189 Å². The summed E-state index contributed by atoms with van der Waals surface area (Å²) in [7, 11) is 5.39. The van der Waals surface area contributed by atoms with E-state index in [2.05, 4.69) is 86.8 Å². The van der Waals surface area contributed by atoms with E-state index >= 15 is 0 Å². The number of carbonyl (C=O) groups is 3. The molecule has 0 aromatic rings. The zero-order chi connectivity index (χ0) is 47.0. The zero-order valence-electron chi connectivity index (χ0n) is 41.9. The van der Waals surface area contributed by atoms with E-state index in [1.54, 1.807) is 21.1 Å². The second-order valence-electron chi connectivity index (χ2n) is 18.4. The van der Waals surface area contributed by atoms with Gasteiger partial charge in [0, 0.05) is 19.3 Å². The lowest BCUT2D eigenvalue weighted by molar-refractivity contribution is -0.889. The van der Waals surface area contributed by atoms with E-state index in [0.29, 0.717) is 12.8 Å². The van der Waals surface area contributed by atoms with Crippen molar-refractivity contribution in [2.75, 3.05) is 41.0 Å². The lowest BCUT2D eigenvalue weighted by atomic mass is 10.0. The number of likely N-dealkylation sites (N-methyl/N-ethyl adjacent to an activating group) is 1. The molecule has 64 heavy (non-hydrogen) atoms. The number of esters is 2. The summed E-state index contributed by atoms with van der Waals surface area (Å²) in [4.78, 5) is 37.0. The molecule has 2 unspecified atom stereocenters. The lowest BCUT2D eigenvalue weighted by Crippen LogP contribution is -2.55. The fraction of sp³-hybridized carbons (Fsp3) is 0.732. The number of hydrogen-bond donors (Lipinski definition) is 0. The van der Waals surface area contributed by atoms with Crippen LogP contribution in [0.5, 0.6) is 0 Å². The topological polar surface area (TPSA) is 102 Å². The van der Waals surface area contributed by atoms with Crippen LogP contribution in [0.15, 0.2) is 72.9 Å². The maximum atomic E-state index is 12.7. The number of carboxylic acid groups (broad SMARTS) is 1. The van der Waals surface area contributed by atoms with Crippen molar-refractivity contribution in [2.45, 2.75) is 225 Å². The van der Waals surface area contributed by atoms with Crippen LogP contribution in [0, 0.1) is 0 Å². The van der Waals surface area contributed by atoms with Crippen molar-refractivity contribution in [3.63, 3.8) is 0 Å². The molecule has 0 bridgehead atoms. The van der Waals surface area contributed by atoms with Crippen molar-refractivity contribution in [2.24, 2.45) is 0 Å². The van der Waals surface area contributed by atoms with Crippen LogP contribution in [0.1, 0.15) is 213 Å². The molecule has 2 atom stereocenters. The summed E-state index contributed by atoms with van der Waals surface area (Å²) >= 11 is 0. The normalized spacial score (nSPS) is 13.5. The molecular formula is C56H97NO7. The van der Waals surface area contributed by atoms with Crippen LogP contribution in [0.25, 0.3) is 0 Å². The SMILES string of the molecule is CC/C=C\C/C=C\C/C=C\C/C=C\C/C=C\CCCC(=O)OC(COCCC(C(=O)[O-])[N+](C)(C)C)COC(=O)CCCCCCCCCCCCC/C=C\CCCCCCCCCC. The number of quaternary nitrogens is 1. The van der Waals surface area contributed by atoms with E-state index in [0.717, 1.165) is 57.8 Å². The number of allylic oxidation sites excluding steroid dienone is 12. The van der Waals surface area contributed by atoms with Crippen LogP contribution in [-0.4, -0.2) is 75.5 Å². The number of hydrogen-bond acceptors (Lipinski definition) is 7. The molecule has 0 radical (unpaired) electrons. The average molecular weight is 896 g/mol. The van der Waals surface area contributed by atoms with Gasteiger partial charge in [-0.15, -0.1) is 0 Å². The molecule has 0 aliphatic rings. The second-order valence-corrected chi connectivity index (χ2v) is 18.4. The summed E-state index contributed by atoms with van der Waals surface area (Å²) in [6, 6.07) is -0.739. The number of ether oxygens (including phenoxy) is 3. The van der Waals surface area contributed by atoms with Gasteiger partial charge in [0.2, 0.25) is 0 Å². The Morgan fingerprint density at radius 1 is 0.484 bits per heavy atom. The predicted octanol–water partition coefficient (Wildman–Crippen LogP) is 13.8. The van der Waals surface area contributed by atoms with Crippen molar-refractivity contribution in [3.8, 4) is 0 Å². The quantitative estimate of drug-likeness (QED) is 0.0259. The van der Waals surface area contributed by atoms with Crippen molar-refractivity contribution in [3.05, 3.63) is 72.9 Å². The Balaban J connectivity index is 4.28. The molecule has 8 heteroatoms. The molecule has 8 nitrogen and oxygen atoms in total. The zero-order valence-corrected chi connectivity index (χ0v) is 41.9. The third-order valence-corrected chi connectivity index (χ3v) is 11.3. The molecule has 0 aromatic heterocycles. The molecule has 0 aliphatic carbocycles. The molecule has 0 spiro atoms. The highest BCUT2D eigenvalue weighted by atomic mass is 16.6. The Bertz CT molecular complexity index is 1270. The summed E-state index contributed by atoms with van der Waals surface area (Å²) in [5.74, 6) is -1.81. The number of nitrogens with zero attached hydrogens (tertiary/aromatic N) is 1. The summed E-state index contributed by atoms with van der Waals surface area (Å²) in [6.45, 7) is 4.50. The Labute approximate surface area is 393 Å². The van der Waals surface area contributed by atoms with Crippen LogP contribution < -0.4 is 5.11 Å². The van der Waals surface area contributed by atoms with Crippen molar-refractivity contribution in [1.82, 2.24) is 0 Å². The van der Waals surface area contributed by atoms with Crippen LogP contribution in [0.3, 0.4) is 0 Å². The molecular weight excluding hydrogens is 799 g/mol. The van der Waals surface area contributed by atoms with Gasteiger partial charge in [-0.2, -0.15) is 0 Å². The van der Waals surface area contributed by atoms with E-state index in [1.165, 1.54) is 116 Å². The van der Waals surface area contributed by atoms with E-state index < -0.39 is 18.1 Å². The summed E-state index contributed by atoms with van der Waals surface area (Å²) in [6.07, 6.45) is 59.5. The highest BCUT2D eigenvalue weighted by molar-refractivity contribution is 5.70. The lowest BCUT2D eigenvalue weighted by Gasteiger charge is -2.34. The van der Waals surface area contributed by atoms with Gasteiger partial charge in [-0.25, -0.2) is 0 Å². The van der Waals surface area contributed by atoms with Crippen molar-refractivity contribution < 1.29 is 38.2 Å². The third kappa shape index (κ3) is 44.0. The van der Waals surface area contributed by atoms with Gasteiger partial charge in [0.25, 0.3) is 0 Å². The van der Waals surface area contributed by atoms with Crippen LogP contribution in [-0.2, 0) is 28.6 Å². The van der Waals surface area contributed by atoms with Gasteiger partial charge in [0.15, 0.2) is 6.10 Å². The maximum Gasteiger partial charge on any atom is 0.306 e. The van der Waals surface area contributed by atoms with Crippen molar-refractivity contribution in [1.29, 1.82) is 0 Å². The molecule has 0 heterocycles. The molecule has 0 aliphatic heterocycles. The largest absolute Gasteiger partial charge is 0.544 e. The van der Waals surface area contributed by atoms with E-state index in [1.807, 2.05) is 0 Å². The fourth-order valence-corrected chi connectivity index (χ4v) is 7.34. The van der Waals surface area contributed by atoms with Crippen molar-refractivity contribution >= 4 is 17.9 Å². The molecule has 0 N–H and O–H groups in total. The smallest absolute Gasteiger partial charge is 0.306 e. The van der Waals surface area contributed by atoms with Gasteiger partial charge in [0.1, 0.15) is 12.6 Å². The number of unbranched alkanes of at least 4 members (excludes halogenated alkanes) is 20. The highest BCUT2D eigenvalue weighted by Gasteiger charge is 2.25. The average Bonchev–Trinajstić information content (AvgIpc) is 3.26. The standard InChI is InChI=1S/C56H97NO7/c1-6-8-10-12-14-16-18-20-22-24-25-26-27-28-29-31-32-34-36-38-40-42-44-46-54(58)63-51-52(50-62-49-48-53(56(60)61)57(3,4)5)64-55(59)47-45-43-41-39-37-35-33-30-23-21-19-17-15-13-11-9-7-2/h9,11,15,17,21,23-25,33,35,39,41,52-53H,6-8,10,12-14,16,18-20,22,26-32,34,36-38,40,42-51H2,1-5H3/b11-9-,17-15-,23-21-,25-24-,35-33-,41-39-. The van der Waals surface area contributed by atoms with Crippen LogP contribution in [0.4, 0.5) is 0 Å². The Hall–Kier alpha value is -3.23. The third-order valence-electron chi connectivity index (χ3n) is 11.3. The number of aliphatic carboxylic acids is 1. The monoisotopic (exact) mass is 896 g/mol. The van der Waals surface area contributed by atoms with Gasteiger partial charge in [-0.05, 0) is 77.0 Å². The van der Waals surface area contributed by atoms with Gasteiger partial charge in [-0.3, -0.25) is 9.59 Å². The van der Waals surface area contributed by atoms with Gasteiger partial charge < -0.3 is 28.6 Å². The second kappa shape index (κ2) is 46.3. The summed E-state index contributed by atoms with van der Waals surface area (Å²) in [5, 5.41) is 11.7. The van der Waals surface area contributed by atoms with Gasteiger partial charge in [0.05, 0.1) is 40.3 Å². The summed E-state index contributed by atoms with van der Waals surface area (Å²) in [5.41, 5.74) is 0. The molecule has 0 fully saturated rings. The fourth-order valence-electron chi connectivity index (χ4n) is 7.34. The predicted molar refractivity (Wildman–Crippen MR) is 268 cm³/mol. The Kier molecular flexibility index (Phi) is 44.0. The minimum absolute atomic E-state index is 0.0154. The van der Waals surface area contributed by atoms with E-state index in [9.17, 15) is 19.5 Å². The van der Waals surface area contributed by atoms with E-state index in [4.69, 9.17) is 14.2 Å². The first kappa shape index (κ1) is 60.8. The first-order valence-electron chi connectivity index (χ1n) is 26.0. The molecule has 0 saturated carbocycles. The molecule has 0 rings (SSSR count). The minimum atomic E-state index is -1.13. The minimum Gasteiger partial charge on any atom is -0.544 e. The van der Waals surface area contributed by atoms with E-state index in [-0.39, 0.29) is 49.1 Å². The molecule has 0 saturated heterocycles. The first-order valence-corrected chi connectivity index (χ1v) is 26.0. The molecule has 368 valence electrons. The van der Waals surface area contributed by atoms with Crippen LogP contribution in [0.2, 0.25) is 0 Å². The summed E-state index contributed by atoms with van der Waals surface area (Å²) < 4.78 is 17.2. The number of rotatable bonds is 46.